The van der Waals surface area contributed by atoms with Gasteiger partial charge in [0.15, 0.2) is 6.54 Å². The van der Waals surface area contributed by atoms with Crippen molar-refractivity contribution in [3.05, 3.63) is 0 Å². The minimum Gasteiger partial charge on any atom is -0.544 e. The van der Waals surface area contributed by atoms with Gasteiger partial charge in [-0.05, 0) is 6.42 Å². The fourth-order valence-electron chi connectivity index (χ4n) is 2.61. The van der Waals surface area contributed by atoms with Gasteiger partial charge in [-0.25, -0.2) is 0 Å². The van der Waals surface area contributed by atoms with Gasteiger partial charge in [0, 0.05) is 19.4 Å². The molecule has 0 saturated carbocycles. The zero-order valence-electron chi connectivity index (χ0n) is 15.2. The van der Waals surface area contributed by atoms with Crippen molar-refractivity contribution in [3.63, 3.8) is 0 Å². The fraction of sp³-hybridized carbons (Fsp3) is 0.882. The number of carbonyl (C=O) groups excluding carboxylic acids is 2. The third kappa shape index (κ3) is 15.7. The number of carboxylic acids is 1. The van der Waals surface area contributed by atoms with Crippen LogP contribution in [0.4, 0.5) is 0 Å². The molecule has 0 spiro atoms. The van der Waals surface area contributed by atoms with Gasteiger partial charge in [0.05, 0.1) is 5.97 Å². The Morgan fingerprint density at radius 1 is 0.917 bits per heavy atom. The summed E-state index contributed by atoms with van der Waals surface area (Å²) in [6.45, 7) is 2.51. The van der Waals surface area contributed by atoms with E-state index in [0.29, 0.717) is 19.4 Å². The molecular weight excluding hydrogens is 308 g/mol. The Morgan fingerprint density at radius 3 is 2.00 bits per heavy atom. The molecule has 0 aliphatic heterocycles. The predicted octanol–water partition coefficient (Wildman–Crippen LogP) is 0.728. The third-order valence-electron chi connectivity index (χ3n) is 4.00. The average molecular weight is 345 g/mol. The molecule has 0 aromatic heterocycles. The van der Waals surface area contributed by atoms with Gasteiger partial charge in [-0.2, -0.15) is 16.4 Å². The number of nitrogens with zero attached hydrogens (tertiary/aromatic N) is 1. The summed E-state index contributed by atoms with van der Waals surface area (Å²) >= 11 is 0. The summed E-state index contributed by atoms with van der Waals surface area (Å²) in [6, 6.07) is 0. The van der Waals surface area contributed by atoms with Crippen molar-refractivity contribution in [2.75, 3.05) is 19.6 Å². The molecule has 0 unspecified atom stereocenters. The summed E-state index contributed by atoms with van der Waals surface area (Å²) in [6.07, 6.45) is 12.1. The van der Waals surface area contributed by atoms with Gasteiger partial charge < -0.3 is 15.2 Å². The van der Waals surface area contributed by atoms with E-state index in [0.717, 1.165) is 12.8 Å². The summed E-state index contributed by atoms with van der Waals surface area (Å²) in [5, 5.41) is 13.3. The van der Waals surface area contributed by atoms with E-state index >= 15 is 0 Å². The normalized spacial score (nSPS) is 11.5. The molecule has 0 rings (SSSR count). The Morgan fingerprint density at radius 2 is 1.46 bits per heavy atom. The lowest BCUT2D eigenvalue weighted by Crippen LogP contribution is -2.65. The molecule has 0 aromatic carbocycles. The van der Waals surface area contributed by atoms with E-state index in [-0.39, 0.29) is 12.5 Å². The number of carboxylic acid groups (broad SMARTS) is 1. The molecule has 24 heavy (non-hydrogen) atoms. The number of nitrogens with one attached hydrogen (secondary N) is 1. The van der Waals surface area contributed by atoms with Crippen LogP contribution in [0.1, 0.15) is 77.6 Å². The second-order valence-corrected chi connectivity index (χ2v) is 6.64. The summed E-state index contributed by atoms with van der Waals surface area (Å²) in [5.41, 5.74) is 0. The molecular formula is C17H36N4O3. The maximum Gasteiger partial charge on any atom is 0.219 e. The highest BCUT2D eigenvalue weighted by molar-refractivity contribution is 5.75. The van der Waals surface area contributed by atoms with Crippen LogP contribution in [0.15, 0.2) is 0 Å². The van der Waals surface area contributed by atoms with Crippen LogP contribution < -0.4 is 22.1 Å². The zero-order chi connectivity index (χ0) is 18.3. The first-order valence-corrected chi connectivity index (χ1v) is 9.28. The minimum atomic E-state index is -1.28. The second-order valence-electron chi connectivity index (χ2n) is 6.64. The number of carbonyl (C=O) groups is 2. The van der Waals surface area contributed by atoms with Gasteiger partial charge in [-0.15, -0.1) is 0 Å². The molecule has 7 heteroatoms. The lowest BCUT2D eigenvalue weighted by atomic mass is 10.1. The van der Waals surface area contributed by atoms with Crippen molar-refractivity contribution in [1.29, 1.82) is 0 Å². The lowest BCUT2D eigenvalue weighted by Gasteiger charge is -2.26. The summed E-state index contributed by atoms with van der Waals surface area (Å²) < 4.78 is -0.615. The Hall–Kier alpha value is -1.18. The van der Waals surface area contributed by atoms with Gasteiger partial charge in [0.2, 0.25) is 5.91 Å². The second kappa shape index (κ2) is 14.2. The first-order chi connectivity index (χ1) is 11.4. The van der Waals surface area contributed by atoms with Crippen molar-refractivity contribution >= 4 is 11.9 Å². The van der Waals surface area contributed by atoms with Gasteiger partial charge >= 0.3 is 0 Å². The first kappa shape index (κ1) is 22.8. The van der Waals surface area contributed by atoms with Crippen molar-refractivity contribution in [3.8, 4) is 0 Å². The Balaban J connectivity index is 3.43. The molecule has 7 nitrogen and oxygen atoms in total. The molecule has 0 bridgehead atoms. The molecule has 0 saturated heterocycles. The smallest absolute Gasteiger partial charge is 0.219 e. The van der Waals surface area contributed by atoms with E-state index in [2.05, 4.69) is 12.2 Å². The van der Waals surface area contributed by atoms with Crippen LogP contribution in [0.25, 0.3) is 0 Å². The van der Waals surface area contributed by atoms with Gasteiger partial charge in [-0.1, -0.05) is 58.3 Å². The molecule has 0 aliphatic rings. The molecule has 0 atom stereocenters. The third-order valence-corrected chi connectivity index (χ3v) is 4.00. The fourth-order valence-corrected chi connectivity index (χ4v) is 2.61. The van der Waals surface area contributed by atoms with Gasteiger partial charge in [0.25, 0.3) is 0 Å². The number of amides is 1. The Bertz CT molecular complexity index is 349. The van der Waals surface area contributed by atoms with Crippen molar-refractivity contribution in [1.82, 2.24) is 5.32 Å². The molecule has 0 aromatic rings. The Kier molecular flexibility index (Phi) is 13.5. The topological polar surface area (TPSA) is 121 Å². The van der Waals surface area contributed by atoms with E-state index in [9.17, 15) is 14.7 Å². The number of hydrogen-bond acceptors (Lipinski definition) is 5. The van der Waals surface area contributed by atoms with E-state index in [4.69, 9.17) is 11.7 Å². The van der Waals surface area contributed by atoms with E-state index in [1.165, 1.54) is 44.9 Å². The van der Waals surface area contributed by atoms with Crippen LogP contribution in [0.2, 0.25) is 0 Å². The highest BCUT2D eigenvalue weighted by Gasteiger charge is 2.17. The maximum absolute atomic E-state index is 11.7. The van der Waals surface area contributed by atoms with Crippen LogP contribution in [0, 0.1) is 0 Å². The van der Waals surface area contributed by atoms with Crippen LogP contribution >= 0.6 is 0 Å². The summed E-state index contributed by atoms with van der Waals surface area (Å²) in [5.74, 6) is 9.91. The van der Waals surface area contributed by atoms with Crippen LogP contribution in [-0.4, -0.2) is 36.2 Å². The molecule has 1 amide bonds. The van der Waals surface area contributed by atoms with Crippen molar-refractivity contribution in [2.24, 2.45) is 11.7 Å². The number of hydrogen-bond donors (Lipinski definition) is 3. The number of aliphatic carboxylic acids is 1. The van der Waals surface area contributed by atoms with E-state index in [1.807, 2.05) is 0 Å². The van der Waals surface area contributed by atoms with Gasteiger partial charge in [-0.3, -0.25) is 4.79 Å². The predicted molar refractivity (Wildman–Crippen MR) is 92.8 cm³/mol. The van der Waals surface area contributed by atoms with E-state index in [1.54, 1.807) is 0 Å². The minimum absolute atomic E-state index is 0.0324. The molecule has 5 N–H and O–H groups in total. The molecule has 0 radical (unpaired) electrons. The number of rotatable bonds is 16. The molecule has 0 aliphatic carbocycles. The SMILES string of the molecule is CCCCCCCCCCCC(=O)NCCC[N+](N)(N)CC(=O)[O-]. The quantitative estimate of drug-likeness (QED) is 0.165. The van der Waals surface area contributed by atoms with Crippen molar-refractivity contribution in [2.45, 2.75) is 77.6 Å². The van der Waals surface area contributed by atoms with E-state index < -0.39 is 17.2 Å². The zero-order valence-corrected chi connectivity index (χ0v) is 15.2. The number of quaternary nitrogens is 1. The highest BCUT2D eigenvalue weighted by Crippen LogP contribution is 2.10. The van der Waals surface area contributed by atoms with Gasteiger partial charge in [0.1, 0.15) is 6.54 Å². The molecule has 0 heterocycles. The standard InChI is InChI=1S/C17H36N4O3/c1-2-3-4-5-6-7-8-9-10-12-16(22)20-13-11-14-21(18,19)15-17(23)24/h2-15,18-19H2,1H3,(H-,20,22,23,24). The van der Waals surface area contributed by atoms with Crippen LogP contribution in [0.5, 0.6) is 0 Å². The molecule has 0 fully saturated rings. The lowest BCUT2D eigenvalue weighted by molar-refractivity contribution is -0.946. The maximum atomic E-state index is 11.7. The highest BCUT2D eigenvalue weighted by atomic mass is 16.4. The Labute approximate surface area is 146 Å². The van der Waals surface area contributed by atoms with Crippen LogP contribution in [0.3, 0.4) is 0 Å². The number of nitrogens with two attached hydrogens (primary N) is 2. The largest absolute Gasteiger partial charge is 0.544 e. The van der Waals surface area contributed by atoms with Crippen LogP contribution in [-0.2, 0) is 9.59 Å². The summed E-state index contributed by atoms with van der Waals surface area (Å²) in [7, 11) is 0. The summed E-state index contributed by atoms with van der Waals surface area (Å²) in [4.78, 5) is 22.1. The average Bonchev–Trinajstić information content (AvgIpc) is 2.48. The monoisotopic (exact) mass is 344 g/mol. The number of unbranched alkanes of at least 4 members (excludes halogenated alkanes) is 8. The van der Waals surface area contributed by atoms with Crippen molar-refractivity contribution < 1.29 is 19.4 Å². The molecule has 142 valence electrons. The first-order valence-electron chi connectivity index (χ1n) is 9.28.